The molecule has 0 unspecified atom stereocenters. The molecule has 0 saturated carbocycles. The smallest absolute Gasteiger partial charge is 0.410 e. The van der Waals surface area contributed by atoms with Gasteiger partial charge in [-0.15, -0.1) is 11.3 Å². The molecule has 0 aliphatic heterocycles. The summed E-state index contributed by atoms with van der Waals surface area (Å²) < 4.78 is 17.1. The topological polar surface area (TPSA) is 156 Å². The summed E-state index contributed by atoms with van der Waals surface area (Å²) in [6, 6.07) is 7.45. The fraction of sp³-hybridized carbons (Fsp3) is 0.702. The van der Waals surface area contributed by atoms with E-state index < -0.39 is 41.7 Å². The van der Waals surface area contributed by atoms with Crippen molar-refractivity contribution in [1.82, 2.24) is 25.4 Å². The number of hydrogen-bond acceptors (Lipinski definition) is 10. The minimum atomic E-state index is -0.854. The monoisotopic (exact) mass is 872 g/mol. The van der Waals surface area contributed by atoms with Crippen LogP contribution in [-0.2, 0) is 35.0 Å². The largest absolute Gasteiger partial charge is 0.469 e. The van der Waals surface area contributed by atoms with Crippen LogP contribution >= 0.6 is 11.3 Å². The first kappa shape index (κ1) is 53.1. The van der Waals surface area contributed by atoms with E-state index in [0.717, 1.165) is 12.0 Å². The van der Waals surface area contributed by atoms with Crippen molar-refractivity contribution < 1.29 is 38.2 Å². The van der Waals surface area contributed by atoms with Crippen LogP contribution in [0, 0.1) is 23.7 Å². The molecule has 14 heteroatoms. The number of ether oxygens (including phenoxy) is 3. The maximum absolute atomic E-state index is 14.9. The number of thiazole rings is 1. The summed E-state index contributed by atoms with van der Waals surface area (Å²) >= 11 is 1.34. The molecule has 1 aromatic heterocycles. The van der Waals surface area contributed by atoms with Crippen molar-refractivity contribution in [3.05, 3.63) is 52.0 Å². The van der Waals surface area contributed by atoms with Crippen LogP contribution < -0.4 is 10.6 Å². The third-order valence-corrected chi connectivity index (χ3v) is 12.1. The molecule has 0 aliphatic carbocycles. The van der Waals surface area contributed by atoms with Crippen molar-refractivity contribution in [1.29, 1.82) is 0 Å². The Morgan fingerprint density at radius 1 is 0.869 bits per heavy atom. The molecule has 2 aromatic rings. The van der Waals surface area contributed by atoms with Crippen molar-refractivity contribution in [3.8, 4) is 0 Å². The highest BCUT2D eigenvalue weighted by atomic mass is 32.1. The lowest BCUT2D eigenvalue weighted by Gasteiger charge is -2.40. The molecular weight excluding hydrogens is 795 g/mol. The summed E-state index contributed by atoms with van der Waals surface area (Å²) in [7, 11) is 2.93. The van der Waals surface area contributed by atoms with Gasteiger partial charge in [0.15, 0.2) is 0 Å². The van der Waals surface area contributed by atoms with Gasteiger partial charge in [0.25, 0.3) is 5.91 Å². The van der Waals surface area contributed by atoms with Gasteiger partial charge in [-0.2, -0.15) is 0 Å². The lowest BCUT2D eigenvalue weighted by Crippen LogP contribution is -2.60. The second-order valence-corrected chi connectivity index (χ2v) is 18.7. The quantitative estimate of drug-likeness (QED) is 0.0933. The first-order valence-corrected chi connectivity index (χ1v) is 23.2. The van der Waals surface area contributed by atoms with Gasteiger partial charge in [-0.3, -0.25) is 24.1 Å². The molecular formula is C47H77N5O8S. The van der Waals surface area contributed by atoms with Gasteiger partial charge in [-0.1, -0.05) is 105 Å². The third-order valence-electron chi connectivity index (χ3n) is 11.2. The number of aromatic nitrogens is 1. The third kappa shape index (κ3) is 16.6. The van der Waals surface area contributed by atoms with Crippen LogP contribution in [0.2, 0.25) is 0 Å². The standard InChI is InChI=1S/C47H77N5O8S/c1-15-24-52(44(55)39(31(7)17-3)50-42(54)40(32(8)18-4)51(13)46(57)60-47(10,11)12)37(30(5)6)28-38(59-25-16-2)43-49-36(29-61-43)41(53)48-35(26-33(9)45(56)58-14)27-34-22-20-19-21-23-34/h19-23,29-33,35,37-40H,15-18,24-28H2,1-14H3,(H,48,53)(H,50,54)/t31-,32-,33-,35+,37+,38+,39-,40-/m0/s1. The Balaban J connectivity index is 2.47. The van der Waals surface area contributed by atoms with Gasteiger partial charge < -0.3 is 29.7 Å². The van der Waals surface area contributed by atoms with Gasteiger partial charge >= 0.3 is 12.1 Å². The number of nitrogens with one attached hydrogen (secondary N) is 2. The van der Waals surface area contributed by atoms with Crippen molar-refractivity contribution in [3.63, 3.8) is 0 Å². The zero-order valence-electron chi connectivity index (χ0n) is 39.5. The number of carbonyl (C=O) groups excluding carboxylic acids is 5. The molecule has 0 saturated heterocycles. The van der Waals surface area contributed by atoms with Crippen molar-refractivity contribution in [2.75, 3.05) is 27.3 Å². The lowest BCUT2D eigenvalue weighted by molar-refractivity contribution is -0.145. The number of nitrogens with zero attached hydrogens (tertiary/aromatic N) is 3. The van der Waals surface area contributed by atoms with Crippen molar-refractivity contribution in [2.45, 2.75) is 164 Å². The van der Waals surface area contributed by atoms with E-state index >= 15 is 0 Å². The number of esters is 1. The Bertz CT molecular complexity index is 1660. The van der Waals surface area contributed by atoms with Gasteiger partial charge in [0.1, 0.15) is 34.5 Å². The summed E-state index contributed by atoms with van der Waals surface area (Å²) in [4.78, 5) is 76.6. The molecule has 13 nitrogen and oxygen atoms in total. The van der Waals surface area contributed by atoms with Crippen LogP contribution in [0.1, 0.15) is 149 Å². The van der Waals surface area contributed by atoms with Crippen LogP contribution in [0.15, 0.2) is 35.7 Å². The van der Waals surface area contributed by atoms with Gasteiger partial charge in [0.05, 0.1) is 13.0 Å². The van der Waals surface area contributed by atoms with Crippen LogP contribution in [0.5, 0.6) is 0 Å². The zero-order valence-corrected chi connectivity index (χ0v) is 40.4. The van der Waals surface area contributed by atoms with Crippen LogP contribution in [-0.4, -0.2) is 102 Å². The Kier molecular flexibility index (Phi) is 22.4. The molecule has 4 amide bonds. The SMILES string of the molecule is CCCO[C@H](C[C@H](C(C)C)N(CCC)C(=O)[C@@H](NC(=O)[C@H]([C@@H](C)CC)N(C)C(=O)OC(C)(C)C)[C@@H](C)CC)c1nc(C(=O)N[C@@H](Cc2ccccc2)C[C@H](C)C(=O)OC)cs1. The van der Waals surface area contributed by atoms with E-state index in [1.54, 1.807) is 40.1 Å². The van der Waals surface area contributed by atoms with E-state index in [2.05, 4.69) is 24.5 Å². The summed E-state index contributed by atoms with van der Waals surface area (Å²) in [5.41, 5.74) is 0.538. The number of amides is 4. The predicted molar refractivity (Wildman–Crippen MR) is 242 cm³/mol. The van der Waals surface area contributed by atoms with Crippen molar-refractivity contribution >= 4 is 41.1 Å². The summed E-state index contributed by atoms with van der Waals surface area (Å²) in [5, 5.41) is 8.59. The highest BCUT2D eigenvalue weighted by Gasteiger charge is 2.40. The molecule has 1 heterocycles. The molecule has 61 heavy (non-hydrogen) atoms. The minimum absolute atomic E-state index is 0.000881. The van der Waals surface area contributed by atoms with Crippen LogP contribution in [0.25, 0.3) is 0 Å². The van der Waals surface area contributed by atoms with E-state index in [1.165, 1.54) is 23.3 Å². The number of hydrogen-bond donors (Lipinski definition) is 2. The fourth-order valence-electron chi connectivity index (χ4n) is 7.36. The lowest BCUT2D eigenvalue weighted by atomic mass is 9.91. The Morgan fingerprint density at radius 3 is 2.05 bits per heavy atom. The first-order chi connectivity index (χ1) is 28.7. The van der Waals surface area contributed by atoms with Crippen LogP contribution in [0.4, 0.5) is 4.79 Å². The van der Waals surface area contributed by atoms with Gasteiger partial charge in [-0.05, 0) is 69.8 Å². The first-order valence-electron chi connectivity index (χ1n) is 22.3. The number of carbonyl (C=O) groups is 5. The highest BCUT2D eigenvalue weighted by molar-refractivity contribution is 7.09. The van der Waals surface area contributed by atoms with Gasteiger partial charge in [0, 0.05) is 44.1 Å². The van der Waals surface area contributed by atoms with E-state index in [-0.39, 0.29) is 53.3 Å². The average Bonchev–Trinajstić information content (AvgIpc) is 3.71. The summed E-state index contributed by atoms with van der Waals surface area (Å²) in [5.74, 6) is -2.12. The molecule has 2 rings (SSSR count). The minimum Gasteiger partial charge on any atom is -0.469 e. The molecule has 0 spiro atoms. The second kappa shape index (κ2) is 25.8. The Labute approximate surface area is 370 Å². The molecule has 0 fully saturated rings. The van der Waals surface area contributed by atoms with E-state index in [1.807, 2.05) is 76.8 Å². The maximum atomic E-state index is 14.9. The molecule has 0 radical (unpaired) electrons. The van der Waals surface area contributed by atoms with Crippen molar-refractivity contribution in [2.24, 2.45) is 23.7 Å². The molecule has 2 N–H and O–H groups in total. The Morgan fingerprint density at radius 2 is 1.51 bits per heavy atom. The van der Waals surface area contributed by atoms with Gasteiger partial charge in [0.2, 0.25) is 11.8 Å². The average molecular weight is 872 g/mol. The van der Waals surface area contributed by atoms with E-state index in [4.69, 9.17) is 19.2 Å². The number of methoxy groups -OCH3 is 1. The number of benzene rings is 1. The van der Waals surface area contributed by atoms with E-state index in [0.29, 0.717) is 56.7 Å². The number of rotatable bonds is 25. The fourth-order valence-corrected chi connectivity index (χ4v) is 8.22. The zero-order chi connectivity index (χ0) is 46.0. The predicted octanol–water partition coefficient (Wildman–Crippen LogP) is 8.62. The molecule has 8 atom stereocenters. The summed E-state index contributed by atoms with van der Waals surface area (Å²) in [6.07, 6.45) is 2.94. The highest BCUT2D eigenvalue weighted by Crippen LogP contribution is 2.32. The molecule has 1 aromatic carbocycles. The molecule has 0 bridgehead atoms. The normalized spacial score (nSPS) is 15.7. The van der Waals surface area contributed by atoms with E-state index in [9.17, 15) is 24.0 Å². The maximum Gasteiger partial charge on any atom is 0.410 e. The number of likely N-dealkylation sites (N-methyl/N-ethyl adjacent to an activating group) is 1. The molecule has 344 valence electrons. The Hall–Kier alpha value is -4.04. The van der Waals surface area contributed by atoms with Gasteiger partial charge in [-0.25, -0.2) is 9.78 Å². The van der Waals surface area contributed by atoms with Crippen LogP contribution in [0.3, 0.4) is 0 Å². The molecule has 0 aliphatic rings. The second-order valence-electron chi connectivity index (χ2n) is 17.8. The summed E-state index contributed by atoms with van der Waals surface area (Å²) in [6.45, 7) is 24.1.